The van der Waals surface area contributed by atoms with Gasteiger partial charge in [-0.25, -0.2) is 4.79 Å². The van der Waals surface area contributed by atoms with Gasteiger partial charge in [0.05, 0.1) is 12.2 Å². The Morgan fingerprint density at radius 2 is 1.53 bits per heavy atom. The molecule has 0 fully saturated rings. The molecule has 0 aromatic heterocycles. The van der Waals surface area contributed by atoms with Crippen LogP contribution in [0.2, 0.25) is 0 Å². The SMILES string of the molecule is CCCCCCCCOc1ccc(C(=O)O)c(-c2cccc3c2ccc2ccccc23)c1. The van der Waals surface area contributed by atoms with Crippen LogP contribution in [-0.4, -0.2) is 17.7 Å². The maximum atomic E-state index is 12.0. The highest BCUT2D eigenvalue weighted by Gasteiger charge is 2.16. The van der Waals surface area contributed by atoms with Gasteiger partial charge in [-0.3, -0.25) is 0 Å². The second-order valence-electron chi connectivity index (χ2n) is 8.32. The molecule has 0 heterocycles. The van der Waals surface area contributed by atoms with Crippen molar-refractivity contribution < 1.29 is 14.6 Å². The van der Waals surface area contributed by atoms with E-state index in [1.54, 1.807) is 12.1 Å². The molecule has 3 nitrogen and oxygen atoms in total. The minimum Gasteiger partial charge on any atom is -0.494 e. The first-order valence-electron chi connectivity index (χ1n) is 11.6. The molecular weight excluding hydrogens is 396 g/mol. The maximum Gasteiger partial charge on any atom is 0.336 e. The number of carboxylic acid groups (broad SMARTS) is 1. The zero-order valence-corrected chi connectivity index (χ0v) is 18.6. The molecule has 0 aliphatic rings. The molecule has 0 radical (unpaired) electrons. The van der Waals surface area contributed by atoms with E-state index >= 15 is 0 Å². The standard InChI is InChI=1S/C29H30O3/c1-2-3-4-5-6-9-19-32-22-16-18-27(29(30)31)28(20-22)25-14-10-13-24-23-12-8-7-11-21(23)15-17-26(24)25/h7-8,10-18,20H,2-6,9,19H2,1H3,(H,30,31). The zero-order valence-electron chi connectivity index (χ0n) is 18.6. The minimum absolute atomic E-state index is 0.289. The van der Waals surface area contributed by atoms with Gasteiger partial charge in [0.2, 0.25) is 0 Å². The summed E-state index contributed by atoms with van der Waals surface area (Å²) in [5, 5.41) is 14.3. The number of aromatic carboxylic acids is 1. The van der Waals surface area contributed by atoms with Crippen molar-refractivity contribution in [1.29, 1.82) is 0 Å². The summed E-state index contributed by atoms with van der Waals surface area (Å²) in [6.07, 6.45) is 7.24. The Morgan fingerprint density at radius 3 is 2.38 bits per heavy atom. The van der Waals surface area contributed by atoms with E-state index in [2.05, 4.69) is 37.3 Å². The van der Waals surface area contributed by atoms with Crippen LogP contribution in [0.1, 0.15) is 55.8 Å². The van der Waals surface area contributed by atoms with Crippen molar-refractivity contribution in [1.82, 2.24) is 0 Å². The molecule has 0 saturated carbocycles. The van der Waals surface area contributed by atoms with Crippen molar-refractivity contribution in [2.75, 3.05) is 6.61 Å². The van der Waals surface area contributed by atoms with Crippen molar-refractivity contribution in [3.63, 3.8) is 0 Å². The molecule has 0 spiro atoms. The summed E-state index contributed by atoms with van der Waals surface area (Å²) in [4.78, 5) is 12.0. The van der Waals surface area contributed by atoms with Crippen molar-refractivity contribution in [3.05, 3.63) is 78.4 Å². The smallest absolute Gasteiger partial charge is 0.336 e. The highest BCUT2D eigenvalue weighted by Crippen LogP contribution is 2.36. The average Bonchev–Trinajstić information content (AvgIpc) is 2.82. The van der Waals surface area contributed by atoms with Crippen LogP contribution in [0.25, 0.3) is 32.7 Å². The average molecular weight is 427 g/mol. The summed E-state index contributed by atoms with van der Waals surface area (Å²) in [5.74, 6) is -0.211. The molecule has 1 N–H and O–H groups in total. The van der Waals surface area contributed by atoms with Gasteiger partial charge in [-0.1, -0.05) is 93.6 Å². The third-order valence-electron chi connectivity index (χ3n) is 6.06. The van der Waals surface area contributed by atoms with Gasteiger partial charge in [-0.05, 0) is 51.7 Å². The first-order chi connectivity index (χ1) is 15.7. The normalized spacial score (nSPS) is 11.2. The summed E-state index contributed by atoms with van der Waals surface area (Å²) in [6.45, 7) is 2.87. The molecule has 32 heavy (non-hydrogen) atoms. The maximum absolute atomic E-state index is 12.0. The number of hydrogen-bond donors (Lipinski definition) is 1. The van der Waals surface area contributed by atoms with Crippen LogP contribution in [-0.2, 0) is 0 Å². The van der Waals surface area contributed by atoms with Crippen LogP contribution in [0.5, 0.6) is 5.75 Å². The molecule has 4 rings (SSSR count). The van der Waals surface area contributed by atoms with Crippen molar-refractivity contribution >= 4 is 27.5 Å². The number of hydrogen-bond acceptors (Lipinski definition) is 2. The third-order valence-corrected chi connectivity index (χ3v) is 6.06. The van der Waals surface area contributed by atoms with Gasteiger partial charge in [0.15, 0.2) is 0 Å². The fraction of sp³-hybridized carbons (Fsp3) is 0.276. The van der Waals surface area contributed by atoms with Gasteiger partial charge in [-0.15, -0.1) is 0 Å². The quantitative estimate of drug-likeness (QED) is 0.206. The van der Waals surface area contributed by atoms with Crippen LogP contribution in [0.3, 0.4) is 0 Å². The van der Waals surface area contributed by atoms with E-state index in [1.165, 1.54) is 36.5 Å². The first-order valence-corrected chi connectivity index (χ1v) is 11.6. The van der Waals surface area contributed by atoms with Crippen LogP contribution in [0.4, 0.5) is 0 Å². The topological polar surface area (TPSA) is 46.5 Å². The zero-order chi connectivity index (χ0) is 22.3. The summed E-state index contributed by atoms with van der Waals surface area (Å²) in [6, 6.07) is 23.9. The van der Waals surface area contributed by atoms with Gasteiger partial charge >= 0.3 is 5.97 Å². The van der Waals surface area contributed by atoms with Crippen LogP contribution in [0, 0.1) is 0 Å². The van der Waals surface area contributed by atoms with Crippen LogP contribution < -0.4 is 4.74 Å². The fourth-order valence-corrected chi connectivity index (χ4v) is 4.37. The molecule has 0 atom stereocenters. The molecule has 0 aliphatic heterocycles. The van der Waals surface area contributed by atoms with E-state index in [0.29, 0.717) is 12.2 Å². The summed E-state index contributed by atoms with van der Waals surface area (Å²) in [7, 11) is 0. The number of ether oxygens (including phenoxy) is 1. The Bertz CT molecular complexity index is 1230. The van der Waals surface area contributed by atoms with E-state index in [4.69, 9.17) is 4.74 Å². The molecule has 4 aromatic rings. The number of benzene rings is 4. The Hall–Kier alpha value is -3.33. The second kappa shape index (κ2) is 10.3. The summed E-state index contributed by atoms with van der Waals surface area (Å²) < 4.78 is 6.00. The molecule has 0 aliphatic carbocycles. The molecule has 3 heteroatoms. The Labute approximate surface area is 189 Å². The largest absolute Gasteiger partial charge is 0.494 e. The van der Waals surface area contributed by atoms with E-state index in [-0.39, 0.29) is 5.56 Å². The highest BCUT2D eigenvalue weighted by atomic mass is 16.5. The summed E-state index contributed by atoms with van der Waals surface area (Å²) in [5.41, 5.74) is 1.90. The monoisotopic (exact) mass is 426 g/mol. The van der Waals surface area contributed by atoms with Gasteiger partial charge in [0.25, 0.3) is 0 Å². The molecule has 0 saturated heterocycles. The van der Waals surface area contributed by atoms with Crippen LogP contribution in [0.15, 0.2) is 72.8 Å². The van der Waals surface area contributed by atoms with Gasteiger partial charge in [0, 0.05) is 5.56 Å². The molecule has 0 amide bonds. The van der Waals surface area contributed by atoms with Crippen molar-refractivity contribution in [2.24, 2.45) is 0 Å². The summed E-state index contributed by atoms with van der Waals surface area (Å²) >= 11 is 0. The Morgan fingerprint density at radius 1 is 0.750 bits per heavy atom. The van der Waals surface area contributed by atoms with E-state index in [9.17, 15) is 9.90 Å². The van der Waals surface area contributed by atoms with Crippen LogP contribution >= 0.6 is 0 Å². The van der Waals surface area contributed by atoms with E-state index in [0.717, 1.165) is 34.9 Å². The Balaban J connectivity index is 1.65. The second-order valence-corrected chi connectivity index (χ2v) is 8.32. The lowest BCUT2D eigenvalue weighted by Crippen LogP contribution is -2.02. The van der Waals surface area contributed by atoms with Gasteiger partial charge in [0.1, 0.15) is 5.75 Å². The van der Waals surface area contributed by atoms with E-state index < -0.39 is 5.97 Å². The predicted molar refractivity (Wildman–Crippen MR) is 133 cm³/mol. The molecular formula is C29H30O3. The fourth-order valence-electron chi connectivity index (χ4n) is 4.37. The first kappa shape index (κ1) is 21.9. The van der Waals surface area contributed by atoms with Crippen molar-refractivity contribution in [2.45, 2.75) is 45.4 Å². The minimum atomic E-state index is -0.930. The number of carbonyl (C=O) groups is 1. The lowest BCUT2D eigenvalue weighted by molar-refractivity contribution is 0.0697. The van der Waals surface area contributed by atoms with Crippen molar-refractivity contribution in [3.8, 4) is 16.9 Å². The lowest BCUT2D eigenvalue weighted by atomic mass is 9.92. The number of carboxylic acids is 1. The highest BCUT2D eigenvalue weighted by molar-refractivity contribution is 6.13. The number of rotatable bonds is 10. The molecule has 0 bridgehead atoms. The van der Waals surface area contributed by atoms with E-state index in [1.807, 2.05) is 30.3 Å². The molecule has 4 aromatic carbocycles. The number of unbranched alkanes of at least 4 members (excludes halogenated alkanes) is 5. The predicted octanol–water partition coefficient (Wildman–Crippen LogP) is 8.10. The van der Waals surface area contributed by atoms with Gasteiger partial charge < -0.3 is 9.84 Å². The molecule has 0 unspecified atom stereocenters. The lowest BCUT2D eigenvalue weighted by Gasteiger charge is -2.14. The third kappa shape index (κ3) is 4.77. The van der Waals surface area contributed by atoms with Gasteiger partial charge in [-0.2, -0.15) is 0 Å². The molecule has 164 valence electrons. The number of fused-ring (bicyclic) bond motifs is 3. The Kier molecular flexibility index (Phi) is 7.06.